The maximum absolute atomic E-state index is 12.7. The van der Waals surface area contributed by atoms with Crippen molar-refractivity contribution in [3.05, 3.63) is 0 Å². The number of ether oxygens (including phenoxy) is 1. The Morgan fingerprint density at radius 2 is 1.65 bits per heavy atom. The number of carbonyl (C=O) groups is 3. The van der Waals surface area contributed by atoms with E-state index in [1.807, 2.05) is 0 Å². The van der Waals surface area contributed by atoms with E-state index >= 15 is 0 Å². The highest BCUT2D eigenvalue weighted by molar-refractivity contribution is 5.89. The fourth-order valence-electron chi connectivity index (χ4n) is 3.26. The van der Waals surface area contributed by atoms with Gasteiger partial charge in [-0.2, -0.15) is 0 Å². The predicted molar refractivity (Wildman–Crippen MR) is 82.9 cm³/mol. The van der Waals surface area contributed by atoms with Crippen LogP contribution in [0.4, 0.5) is 4.79 Å². The fraction of sp³-hybridized carbons (Fsp3) is 0.812. The molecule has 0 aliphatic carbocycles. The van der Waals surface area contributed by atoms with Crippen molar-refractivity contribution in [3.63, 3.8) is 0 Å². The zero-order chi connectivity index (χ0) is 17.2. The standard InChI is InChI=1S/C16H26N2O5/c1-16(2,3)23-15(22)18-10-6-7-11(12(18)14(20)21)13(19)17-8-4-5-9-17/h11-12H,4-10H2,1-3H3,(H,20,21)/t11-,12+/m0/s1. The molecule has 2 fully saturated rings. The van der Waals surface area contributed by atoms with Crippen LogP contribution < -0.4 is 0 Å². The lowest BCUT2D eigenvalue weighted by molar-refractivity contribution is -0.153. The highest BCUT2D eigenvalue weighted by Gasteiger charge is 2.45. The highest BCUT2D eigenvalue weighted by atomic mass is 16.6. The molecular weight excluding hydrogens is 300 g/mol. The molecule has 0 unspecified atom stereocenters. The van der Waals surface area contributed by atoms with Crippen LogP contribution in [0.15, 0.2) is 0 Å². The molecule has 0 spiro atoms. The van der Waals surface area contributed by atoms with Gasteiger partial charge in [0.15, 0.2) is 0 Å². The number of nitrogens with zero attached hydrogens (tertiary/aromatic N) is 2. The number of likely N-dealkylation sites (tertiary alicyclic amines) is 2. The number of aliphatic carboxylic acids is 1. The van der Waals surface area contributed by atoms with Gasteiger partial charge in [0.05, 0.1) is 5.92 Å². The van der Waals surface area contributed by atoms with Crippen LogP contribution in [0.25, 0.3) is 0 Å². The minimum Gasteiger partial charge on any atom is -0.480 e. The molecule has 0 aromatic rings. The molecule has 1 N–H and O–H groups in total. The summed E-state index contributed by atoms with van der Waals surface area (Å²) in [6, 6.07) is -1.15. The molecule has 2 amide bonds. The Kier molecular flexibility index (Phi) is 5.16. The van der Waals surface area contributed by atoms with Crippen molar-refractivity contribution in [1.29, 1.82) is 0 Å². The second-order valence-corrected chi connectivity index (χ2v) is 7.24. The van der Waals surface area contributed by atoms with Crippen LogP contribution >= 0.6 is 0 Å². The van der Waals surface area contributed by atoms with Crippen LogP contribution in [0.3, 0.4) is 0 Å². The maximum Gasteiger partial charge on any atom is 0.411 e. The quantitative estimate of drug-likeness (QED) is 0.834. The smallest absolute Gasteiger partial charge is 0.411 e. The van der Waals surface area contributed by atoms with Gasteiger partial charge in [0.2, 0.25) is 5.91 Å². The first-order chi connectivity index (χ1) is 10.7. The Morgan fingerprint density at radius 3 is 2.17 bits per heavy atom. The fourth-order valence-corrected chi connectivity index (χ4v) is 3.26. The third-order valence-corrected chi connectivity index (χ3v) is 4.25. The van der Waals surface area contributed by atoms with Crippen LogP contribution in [0.5, 0.6) is 0 Å². The number of amides is 2. The van der Waals surface area contributed by atoms with E-state index in [2.05, 4.69) is 0 Å². The zero-order valence-electron chi connectivity index (χ0n) is 14.1. The van der Waals surface area contributed by atoms with Gasteiger partial charge >= 0.3 is 12.1 Å². The van der Waals surface area contributed by atoms with Crippen LogP contribution in [0.1, 0.15) is 46.5 Å². The van der Waals surface area contributed by atoms with Gasteiger partial charge in [0.25, 0.3) is 0 Å². The number of carboxylic acid groups (broad SMARTS) is 1. The minimum atomic E-state index is -1.15. The van der Waals surface area contributed by atoms with E-state index in [0.717, 1.165) is 12.8 Å². The maximum atomic E-state index is 12.7. The summed E-state index contributed by atoms with van der Waals surface area (Å²) in [5.41, 5.74) is -0.702. The Hall–Kier alpha value is -1.79. The summed E-state index contributed by atoms with van der Waals surface area (Å²) in [5.74, 6) is -1.98. The summed E-state index contributed by atoms with van der Waals surface area (Å²) in [5, 5.41) is 9.60. The summed E-state index contributed by atoms with van der Waals surface area (Å²) < 4.78 is 5.31. The van der Waals surface area contributed by atoms with Gasteiger partial charge in [-0.3, -0.25) is 9.69 Å². The molecule has 0 aromatic carbocycles. The van der Waals surface area contributed by atoms with Crippen LogP contribution in [0, 0.1) is 5.92 Å². The summed E-state index contributed by atoms with van der Waals surface area (Å²) in [4.78, 5) is 39.7. The third-order valence-electron chi connectivity index (χ3n) is 4.25. The second kappa shape index (κ2) is 6.76. The molecule has 2 aliphatic heterocycles. The first kappa shape index (κ1) is 17.6. The summed E-state index contributed by atoms with van der Waals surface area (Å²) in [6.45, 7) is 6.85. The number of carboxylic acids is 1. The van der Waals surface area contributed by atoms with Crippen molar-refractivity contribution in [2.24, 2.45) is 5.92 Å². The molecule has 2 heterocycles. The number of rotatable bonds is 2. The van der Waals surface area contributed by atoms with Crippen LogP contribution in [0.2, 0.25) is 0 Å². The molecular formula is C16H26N2O5. The Morgan fingerprint density at radius 1 is 1.04 bits per heavy atom. The largest absolute Gasteiger partial charge is 0.480 e. The minimum absolute atomic E-state index is 0.150. The normalized spacial score (nSPS) is 25.3. The Labute approximate surface area is 136 Å². The summed E-state index contributed by atoms with van der Waals surface area (Å²) in [6.07, 6.45) is 2.33. The number of hydrogen-bond donors (Lipinski definition) is 1. The van der Waals surface area contributed by atoms with Crippen LogP contribution in [-0.2, 0) is 14.3 Å². The summed E-state index contributed by atoms with van der Waals surface area (Å²) >= 11 is 0. The average Bonchev–Trinajstić information content (AvgIpc) is 2.97. The lowest BCUT2D eigenvalue weighted by atomic mass is 9.88. The molecule has 0 saturated carbocycles. The SMILES string of the molecule is CC(C)(C)OC(=O)N1CCC[C@H](C(=O)N2CCCC2)[C@@H]1C(=O)O. The molecule has 2 atom stereocenters. The lowest BCUT2D eigenvalue weighted by Crippen LogP contribution is -2.57. The Bertz CT molecular complexity index is 479. The van der Waals surface area contributed by atoms with Gasteiger partial charge in [-0.1, -0.05) is 0 Å². The van der Waals surface area contributed by atoms with Gasteiger partial charge in [-0.15, -0.1) is 0 Å². The number of hydrogen-bond acceptors (Lipinski definition) is 4. The van der Waals surface area contributed by atoms with Crippen molar-refractivity contribution in [3.8, 4) is 0 Å². The average molecular weight is 326 g/mol. The number of carbonyl (C=O) groups excluding carboxylic acids is 2. The molecule has 2 rings (SSSR count). The second-order valence-electron chi connectivity index (χ2n) is 7.24. The van der Waals surface area contributed by atoms with Crippen molar-refractivity contribution < 1.29 is 24.2 Å². The first-order valence-electron chi connectivity index (χ1n) is 8.22. The molecule has 0 aromatic heterocycles. The molecule has 0 bridgehead atoms. The third kappa shape index (κ3) is 4.14. The van der Waals surface area contributed by atoms with Gasteiger partial charge < -0.3 is 14.7 Å². The molecule has 7 heteroatoms. The molecule has 2 aliphatic rings. The predicted octanol–water partition coefficient (Wildman–Crippen LogP) is 1.71. The first-order valence-corrected chi connectivity index (χ1v) is 8.22. The Balaban J connectivity index is 2.17. The van der Waals surface area contributed by atoms with Gasteiger partial charge in [0, 0.05) is 19.6 Å². The molecule has 130 valence electrons. The zero-order valence-corrected chi connectivity index (χ0v) is 14.1. The lowest BCUT2D eigenvalue weighted by Gasteiger charge is -2.39. The van der Waals surface area contributed by atoms with E-state index in [9.17, 15) is 19.5 Å². The van der Waals surface area contributed by atoms with E-state index < -0.39 is 29.6 Å². The molecule has 23 heavy (non-hydrogen) atoms. The molecule has 7 nitrogen and oxygen atoms in total. The van der Waals surface area contributed by atoms with Crippen molar-refractivity contribution >= 4 is 18.0 Å². The van der Waals surface area contributed by atoms with Crippen molar-refractivity contribution in [2.75, 3.05) is 19.6 Å². The highest BCUT2D eigenvalue weighted by Crippen LogP contribution is 2.28. The monoisotopic (exact) mass is 326 g/mol. The van der Waals surface area contributed by atoms with Crippen LogP contribution in [-0.4, -0.2) is 64.2 Å². The topological polar surface area (TPSA) is 87.2 Å². The van der Waals surface area contributed by atoms with Gasteiger partial charge in [0.1, 0.15) is 11.6 Å². The molecule has 0 radical (unpaired) electrons. The van der Waals surface area contributed by atoms with E-state index in [1.165, 1.54) is 4.90 Å². The van der Waals surface area contributed by atoms with Crippen molar-refractivity contribution in [2.45, 2.75) is 58.1 Å². The van der Waals surface area contributed by atoms with Crippen molar-refractivity contribution in [1.82, 2.24) is 9.80 Å². The van der Waals surface area contributed by atoms with E-state index in [0.29, 0.717) is 32.5 Å². The van der Waals surface area contributed by atoms with E-state index in [1.54, 1.807) is 25.7 Å². The van der Waals surface area contributed by atoms with Gasteiger partial charge in [-0.25, -0.2) is 9.59 Å². The van der Waals surface area contributed by atoms with E-state index in [-0.39, 0.29) is 5.91 Å². The summed E-state index contributed by atoms with van der Waals surface area (Å²) in [7, 11) is 0. The molecule has 2 saturated heterocycles. The number of piperidine rings is 1. The van der Waals surface area contributed by atoms with E-state index in [4.69, 9.17) is 4.74 Å². The van der Waals surface area contributed by atoms with Gasteiger partial charge in [-0.05, 0) is 46.5 Å².